The van der Waals surface area contributed by atoms with Gasteiger partial charge in [-0.15, -0.1) is 0 Å². The topological polar surface area (TPSA) is 49.5 Å². The van der Waals surface area contributed by atoms with E-state index < -0.39 is 0 Å². The number of likely N-dealkylation sites (tertiary alicyclic amines) is 1. The lowest BCUT2D eigenvalue weighted by atomic mass is 9.98. The molecule has 0 aromatic rings. The monoisotopic (exact) mass is 214 g/mol. The Morgan fingerprint density at radius 3 is 2.73 bits per heavy atom. The van der Waals surface area contributed by atoms with E-state index in [0.29, 0.717) is 6.61 Å². The Hall–Kier alpha value is -0.120. The van der Waals surface area contributed by atoms with Crippen LogP contribution in [0, 0.1) is 5.92 Å². The maximum atomic E-state index is 8.66. The van der Waals surface area contributed by atoms with Crippen molar-refractivity contribution in [3.63, 3.8) is 0 Å². The molecule has 1 aliphatic rings. The fraction of sp³-hybridized carbons (Fsp3) is 1.00. The van der Waals surface area contributed by atoms with E-state index in [4.69, 9.17) is 10.8 Å². The van der Waals surface area contributed by atoms with Gasteiger partial charge in [0.05, 0.1) is 0 Å². The first-order valence-corrected chi connectivity index (χ1v) is 6.40. The third kappa shape index (κ3) is 5.50. The lowest BCUT2D eigenvalue weighted by Crippen LogP contribution is -2.38. The molecule has 1 atom stereocenters. The molecule has 0 aromatic heterocycles. The van der Waals surface area contributed by atoms with Crippen LogP contribution in [0.25, 0.3) is 0 Å². The Morgan fingerprint density at radius 2 is 2.00 bits per heavy atom. The van der Waals surface area contributed by atoms with Crippen molar-refractivity contribution < 1.29 is 5.11 Å². The average Bonchev–Trinajstić information content (AvgIpc) is 2.29. The number of hydrogen-bond acceptors (Lipinski definition) is 3. The zero-order valence-electron chi connectivity index (χ0n) is 9.83. The van der Waals surface area contributed by atoms with E-state index in [9.17, 15) is 0 Å². The van der Waals surface area contributed by atoms with E-state index in [2.05, 4.69) is 4.90 Å². The number of nitrogens with zero attached hydrogens (tertiary/aromatic N) is 1. The summed E-state index contributed by atoms with van der Waals surface area (Å²) in [6.45, 7) is 4.88. The molecule has 0 amide bonds. The number of nitrogens with two attached hydrogens (primary N) is 1. The van der Waals surface area contributed by atoms with Crippen molar-refractivity contribution in [2.24, 2.45) is 11.7 Å². The summed E-state index contributed by atoms with van der Waals surface area (Å²) in [5, 5.41) is 8.66. The second kappa shape index (κ2) is 8.08. The van der Waals surface area contributed by atoms with Crippen molar-refractivity contribution in [1.29, 1.82) is 0 Å². The molecule has 1 fully saturated rings. The second-order valence-electron chi connectivity index (χ2n) is 4.68. The van der Waals surface area contributed by atoms with Gasteiger partial charge in [0.2, 0.25) is 0 Å². The van der Waals surface area contributed by atoms with E-state index >= 15 is 0 Å². The lowest BCUT2D eigenvalue weighted by Gasteiger charge is -2.32. The van der Waals surface area contributed by atoms with Crippen LogP contribution in [0.4, 0.5) is 0 Å². The summed E-state index contributed by atoms with van der Waals surface area (Å²) in [6.07, 6.45) is 7.30. The summed E-state index contributed by atoms with van der Waals surface area (Å²) >= 11 is 0. The highest BCUT2D eigenvalue weighted by Gasteiger charge is 2.17. The normalized spacial score (nSPS) is 23.2. The van der Waals surface area contributed by atoms with Crippen molar-refractivity contribution in [2.45, 2.75) is 38.5 Å². The molecular weight excluding hydrogens is 188 g/mol. The van der Waals surface area contributed by atoms with Gasteiger partial charge in [-0.3, -0.25) is 0 Å². The molecule has 15 heavy (non-hydrogen) atoms. The first-order chi connectivity index (χ1) is 7.36. The Labute approximate surface area is 93.6 Å². The molecule has 0 aliphatic carbocycles. The molecule has 3 N–H and O–H groups in total. The maximum Gasteiger partial charge on any atom is 0.0431 e. The van der Waals surface area contributed by atoms with E-state index in [-0.39, 0.29) is 0 Å². The van der Waals surface area contributed by atoms with Crippen LogP contribution in [-0.4, -0.2) is 42.8 Å². The van der Waals surface area contributed by atoms with Gasteiger partial charge in [-0.25, -0.2) is 0 Å². The third-order valence-corrected chi connectivity index (χ3v) is 3.32. The number of rotatable bonds is 7. The fourth-order valence-corrected chi connectivity index (χ4v) is 2.35. The van der Waals surface area contributed by atoms with Gasteiger partial charge in [-0.05, 0) is 51.2 Å². The minimum atomic E-state index is 0.346. The first kappa shape index (κ1) is 12.9. The fourth-order valence-electron chi connectivity index (χ4n) is 2.35. The molecule has 1 unspecified atom stereocenters. The molecule has 3 heteroatoms. The highest BCUT2D eigenvalue weighted by molar-refractivity contribution is 4.73. The summed E-state index contributed by atoms with van der Waals surface area (Å²) < 4.78 is 0. The summed E-state index contributed by atoms with van der Waals surface area (Å²) in [5.41, 5.74) is 5.71. The molecule has 3 nitrogen and oxygen atoms in total. The van der Waals surface area contributed by atoms with E-state index in [1.54, 1.807) is 0 Å². The Morgan fingerprint density at radius 1 is 1.20 bits per heavy atom. The van der Waals surface area contributed by atoms with Crippen molar-refractivity contribution >= 4 is 0 Å². The summed E-state index contributed by atoms with van der Waals surface area (Å²) in [6, 6.07) is 0. The van der Waals surface area contributed by atoms with Crippen LogP contribution < -0.4 is 5.73 Å². The minimum absolute atomic E-state index is 0.346. The van der Waals surface area contributed by atoms with Gasteiger partial charge >= 0.3 is 0 Å². The Balaban J connectivity index is 2.00. The molecule has 1 heterocycles. The first-order valence-electron chi connectivity index (χ1n) is 6.40. The number of piperidine rings is 1. The quantitative estimate of drug-likeness (QED) is 0.626. The third-order valence-electron chi connectivity index (χ3n) is 3.32. The number of aliphatic hydroxyl groups excluding tert-OH is 1. The summed E-state index contributed by atoms with van der Waals surface area (Å²) in [5.74, 6) is 0.733. The van der Waals surface area contributed by atoms with Gasteiger partial charge in [0, 0.05) is 13.2 Å². The standard InChI is InChI=1S/C12H26N2O/c13-10-12-6-5-8-14(11-12)7-3-1-2-4-9-15/h12,15H,1-11,13H2. The van der Waals surface area contributed by atoms with E-state index in [0.717, 1.165) is 18.9 Å². The zero-order valence-corrected chi connectivity index (χ0v) is 9.83. The molecule has 1 rings (SSSR count). The van der Waals surface area contributed by atoms with E-state index in [1.807, 2.05) is 0 Å². The smallest absolute Gasteiger partial charge is 0.0431 e. The van der Waals surface area contributed by atoms with Crippen molar-refractivity contribution in [2.75, 3.05) is 32.8 Å². The van der Waals surface area contributed by atoms with Crippen LogP contribution in [0.1, 0.15) is 38.5 Å². The van der Waals surface area contributed by atoms with Gasteiger partial charge in [-0.1, -0.05) is 12.8 Å². The summed E-state index contributed by atoms with van der Waals surface area (Å²) in [7, 11) is 0. The second-order valence-corrected chi connectivity index (χ2v) is 4.68. The highest BCUT2D eigenvalue weighted by atomic mass is 16.2. The van der Waals surface area contributed by atoms with Gasteiger partial charge in [0.25, 0.3) is 0 Å². The Bertz CT molecular complexity index is 153. The number of aliphatic hydroxyl groups is 1. The average molecular weight is 214 g/mol. The molecule has 1 aliphatic heterocycles. The zero-order chi connectivity index (χ0) is 10.9. The van der Waals surface area contributed by atoms with Crippen molar-refractivity contribution in [1.82, 2.24) is 4.90 Å². The molecule has 0 bridgehead atoms. The number of unbranched alkanes of at least 4 members (excludes halogenated alkanes) is 3. The molecule has 90 valence electrons. The van der Waals surface area contributed by atoms with Gasteiger partial charge < -0.3 is 15.7 Å². The predicted octanol–water partition coefficient (Wildman–Crippen LogP) is 1.21. The van der Waals surface area contributed by atoms with Crippen molar-refractivity contribution in [3.8, 4) is 0 Å². The lowest BCUT2D eigenvalue weighted by molar-refractivity contribution is 0.174. The van der Waals surface area contributed by atoms with Crippen LogP contribution in [0.15, 0.2) is 0 Å². The molecule has 1 saturated heterocycles. The Kier molecular flexibility index (Phi) is 6.98. The highest BCUT2D eigenvalue weighted by Crippen LogP contribution is 2.15. The van der Waals surface area contributed by atoms with Crippen molar-refractivity contribution in [3.05, 3.63) is 0 Å². The number of hydrogen-bond donors (Lipinski definition) is 2. The van der Waals surface area contributed by atoms with Crippen LogP contribution in [0.2, 0.25) is 0 Å². The van der Waals surface area contributed by atoms with Gasteiger partial charge in [-0.2, -0.15) is 0 Å². The van der Waals surface area contributed by atoms with Gasteiger partial charge in [0.15, 0.2) is 0 Å². The molecule has 0 radical (unpaired) electrons. The molecule has 0 saturated carbocycles. The van der Waals surface area contributed by atoms with Crippen LogP contribution in [0.5, 0.6) is 0 Å². The largest absolute Gasteiger partial charge is 0.396 e. The van der Waals surface area contributed by atoms with Crippen LogP contribution in [-0.2, 0) is 0 Å². The summed E-state index contributed by atoms with van der Waals surface area (Å²) in [4.78, 5) is 2.56. The van der Waals surface area contributed by atoms with Crippen LogP contribution in [0.3, 0.4) is 0 Å². The molecular formula is C12H26N2O. The van der Waals surface area contributed by atoms with Gasteiger partial charge in [0.1, 0.15) is 0 Å². The SMILES string of the molecule is NCC1CCCN(CCCCCCO)C1. The minimum Gasteiger partial charge on any atom is -0.396 e. The van der Waals surface area contributed by atoms with E-state index in [1.165, 1.54) is 51.7 Å². The molecule has 0 aromatic carbocycles. The predicted molar refractivity (Wildman–Crippen MR) is 63.8 cm³/mol. The maximum absolute atomic E-state index is 8.66. The van der Waals surface area contributed by atoms with Crippen LogP contribution >= 0.6 is 0 Å². The molecule has 0 spiro atoms.